The highest BCUT2D eigenvalue weighted by atomic mass is 16.5. The summed E-state index contributed by atoms with van der Waals surface area (Å²) in [7, 11) is 3.37. The highest BCUT2D eigenvalue weighted by molar-refractivity contribution is 5.93. The molecule has 0 amide bonds. The summed E-state index contributed by atoms with van der Waals surface area (Å²) in [5, 5.41) is 9.70. The lowest BCUT2D eigenvalue weighted by molar-refractivity contribution is 0.0697. The molecule has 1 aliphatic rings. The van der Waals surface area contributed by atoms with E-state index in [1.165, 1.54) is 18.4 Å². The number of hydrogen-bond donors (Lipinski definition) is 1. The largest absolute Gasteiger partial charge is 0.496 e. The van der Waals surface area contributed by atoms with Crippen LogP contribution in [0.2, 0.25) is 0 Å². The number of rotatable bonds is 11. The van der Waals surface area contributed by atoms with Crippen LogP contribution in [0.1, 0.15) is 76.1 Å². The zero-order valence-corrected chi connectivity index (χ0v) is 26.0. The van der Waals surface area contributed by atoms with Crippen LogP contribution in [0, 0.1) is 27.7 Å². The van der Waals surface area contributed by atoms with Gasteiger partial charge in [-0.3, -0.25) is 9.97 Å². The molecule has 0 atom stereocenters. The fourth-order valence-electron chi connectivity index (χ4n) is 6.12. The number of imidazole rings is 1. The van der Waals surface area contributed by atoms with E-state index in [0.29, 0.717) is 18.6 Å². The van der Waals surface area contributed by atoms with Gasteiger partial charge in [0.2, 0.25) is 5.95 Å². The summed E-state index contributed by atoms with van der Waals surface area (Å²) in [6.45, 7) is 9.69. The minimum atomic E-state index is -0.972. The minimum Gasteiger partial charge on any atom is -0.496 e. The van der Waals surface area contributed by atoms with Crippen LogP contribution in [0.3, 0.4) is 0 Å². The van der Waals surface area contributed by atoms with Crippen LogP contribution in [-0.4, -0.2) is 44.8 Å². The van der Waals surface area contributed by atoms with Gasteiger partial charge in [0, 0.05) is 41.2 Å². The number of allylic oxidation sites excluding steroid dienone is 2. The van der Waals surface area contributed by atoms with Crippen molar-refractivity contribution in [1.29, 1.82) is 0 Å². The standard InChI is InChI=1S/C34H41N5O4/c1-21-17-35-28(23(3)31(21)42-5)19-38(20-29-24(4)32(43-6)22(2)18-36-29)34-37-27-16-26(33(40)41)12-13-30(27)39(34)15-14-25-10-8-7-9-11-25/h10,12-13,16-18H,7-9,11,14-15,19-20H2,1-6H3,(H,40,41). The molecule has 0 spiro atoms. The van der Waals surface area contributed by atoms with E-state index in [9.17, 15) is 9.90 Å². The summed E-state index contributed by atoms with van der Waals surface area (Å²) in [4.78, 5) is 28.7. The fraction of sp³-hybridized carbons (Fsp3) is 0.412. The molecule has 43 heavy (non-hydrogen) atoms. The van der Waals surface area contributed by atoms with Crippen LogP contribution in [0.5, 0.6) is 11.5 Å². The van der Waals surface area contributed by atoms with Gasteiger partial charge >= 0.3 is 5.97 Å². The van der Waals surface area contributed by atoms with E-state index in [1.54, 1.807) is 26.4 Å². The summed E-state index contributed by atoms with van der Waals surface area (Å²) in [5.41, 5.74) is 8.88. The molecule has 1 aliphatic carbocycles. The van der Waals surface area contributed by atoms with Gasteiger partial charge in [-0.15, -0.1) is 0 Å². The normalized spacial score (nSPS) is 13.2. The number of benzene rings is 1. The maximum atomic E-state index is 11.8. The van der Waals surface area contributed by atoms with E-state index in [2.05, 4.69) is 15.5 Å². The summed E-state index contributed by atoms with van der Waals surface area (Å²) < 4.78 is 13.7. The number of hydrogen-bond acceptors (Lipinski definition) is 7. The van der Waals surface area contributed by atoms with Gasteiger partial charge in [-0.1, -0.05) is 11.6 Å². The molecule has 3 heterocycles. The van der Waals surface area contributed by atoms with Crippen molar-refractivity contribution in [2.75, 3.05) is 19.1 Å². The van der Waals surface area contributed by atoms with E-state index in [4.69, 9.17) is 24.4 Å². The molecule has 9 nitrogen and oxygen atoms in total. The SMILES string of the molecule is COc1c(C)cnc(CN(Cc2ncc(C)c(OC)c2C)c2nc3cc(C(=O)O)ccc3n2CCC2=CCCCC2)c1C. The lowest BCUT2D eigenvalue weighted by Crippen LogP contribution is -2.28. The van der Waals surface area contributed by atoms with E-state index in [-0.39, 0.29) is 5.56 Å². The van der Waals surface area contributed by atoms with Gasteiger partial charge < -0.3 is 24.0 Å². The van der Waals surface area contributed by atoms with Crippen LogP contribution >= 0.6 is 0 Å². The van der Waals surface area contributed by atoms with Crippen LogP contribution in [-0.2, 0) is 19.6 Å². The van der Waals surface area contributed by atoms with Crippen molar-refractivity contribution in [2.45, 2.75) is 79.4 Å². The molecule has 0 fully saturated rings. The predicted molar refractivity (Wildman–Crippen MR) is 168 cm³/mol. The Bertz CT molecular complexity index is 1630. The van der Waals surface area contributed by atoms with Gasteiger partial charge in [-0.05, 0) is 78.0 Å². The van der Waals surface area contributed by atoms with Crippen molar-refractivity contribution in [3.63, 3.8) is 0 Å². The van der Waals surface area contributed by atoms with E-state index < -0.39 is 5.97 Å². The second-order valence-corrected chi connectivity index (χ2v) is 11.4. The Morgan fingerprint density at radius 2 is 1.58 bits per heavy atom. The molecule has 0 saturated heterocycles. The average Bonchev–Trinajstić information content (AvgIpc) is 3.37. The van der Waals surface area contributed by atoms with Gasteiger partial charge in [0.1, 0.15) is 11.5 Å². The molecule has 0 bridgehead atoms. The van der Waals surface area contributed by atoms with Crippen molar-refractivity contribution in [1.82, 2.24) is 19.5 Å². The molecular formula is C34H41N5O4. The number of pyridine rings is 2. The highest BCUT2D eigenvalue weighted by Gasteiger charge is 2.24. The Balaban J connectivity index is 1.65. The van der Waals surface area contributed by atoms with E-state index in [1.807, 2.05) is 46.2 Å². The fourth-order valence-corrected chi connectivity index (χ4v) is 6.12. The Morgan fingerprint density at radius 1 is 0.953 bits per heavy atom. The zero-order chi connectivity index (χ0) is 30.7. The topological polar surface area (TPSA) is 103 Å². The molecular weight excluding hydrogens is 542 g/mol. The number of aromatic carboxylic acids is 1. The van der Waals surface area contributed by atoms with Gasteiger partial charge in [0.25, 0.3) is 0 Å². The maximum absolute atomic E-state index is 11.8. The number of carboxylic acid groups (broad SMARTS) is 1. The number of carboxylic acids is 1. The summed E-state index contributed by atoms with van der Waals surface area (Å²) in [5.74, 6) is 1.41. The Labute approximate surface area is 253 Å². The lowest BCUT2D eigenvalue weighted by atomic mass is 9.97. The smallest absolute Gasteiger partial charge is 0.335 e. The number of carbonyl (C=O) groups is 1. The van der Waals surface area contributed by atoms with Gasteiger partial charge in [-0.2, -0.15) is 0 Å². The third-order valence-corrected chi connectivity index (χ3v) is 8.48. The molecule has 0 radical (unpaired) electrons. The molecule has 1 N–H and O–H groups in total. The van der Waals surface area contributed by atoms with Crippen molar-refractivity contribution in [2.24, 2.45) is 0 Å². The number of nitrogens with zero attached hydrogens (tertiary/aromatic N) is 5. The molecule has 0 saturated carbocycles. The van der Waals surface area contributed by atoms with E-state index >= 15 is 0 Å². The molecule has 226 valence electrons. The first kappa shape index (κ1) is 30.1. The minimum absolute atomic E-state index is 0.215. The second-order valence-electron chi connectivity index (χ2n) is 11.4. The first-order valence-corrected chi connectivity index (χ1v) is 14.9. The first-order valence-electron chi connectivity index (χ1n) is 14.9. The number of aromatic nitrogens is 4. The molecule has 0 aliphatic heterocycles. The molecule has 5 rings (SSSR count). The van der Waals surface area contributed by atoms with Gasteiger partial charge in [0.05, 0.1) is 55.3 Å². The second kappa shape index (κ2) is 12.9. The van der Waals surface area contributed by atoms with Crippen LogP contribution in [0.15, 0.2) is 42.2 Å². The number of ether oxygens (including phenoxy) is 2. The van der Waals surface area contributed by atoms with Gasteiger partial charge in [-0.25, -0.2) is 9.78 Å². The van der Waals surface area contributed by atoms with Crippen molar-refractivity contribution < 1.29 is 19.4 Å². The number of anilines is 1. The quantitative estimate of drug-likeness (QED) is 0.191. The van der Waals surface area contributed by atoms with Crippen LogP contribution < -0.4 is 14.4 Å². The average molecular weight is 584 g/mol. The van der Waals surface area contributed by atoms with Crippen LogP contribution in [0.25, 0.3) is 11.0 Å². The predicted octanol–water partition coefficient (Wildman–Crippen LogP) is 6.87. The first-order chi connectivity index (χ1) is 20.7. The monoisotopic (exact) mass is 583 g/mol. The summed E-state index contributed by atoms with van der Waals surface area (Å²) in [6.07, 6.45) is 11.7. The third-order valence-electron chi connectivity index (χ3n) is 8.48. The van der Waals surface area contributed by atoms with Crippen molar-refractivity contribution in [3.8, 4) is 11.5 Å². The van der Waals surface area contributed by atoms with Gasteiger partial charge in [0.15, 0.2) is 0 Å². The summed E-state index contributed by atoms with van der Waals surface area (Å²) in [6, 6.07) is 5.19. The Kier molecular flexibility index (Phi) is 8.99. The van der Waals surface area contributed by atoms with Crippen molar-refractivity contribution >= 4 is 23.0 Å². The van der Waals surface area contributed by atoms with Crippen LogP contribution in [0.4, 0.5) is 5.95 Å². The summed E-state index contributed by atoms with van der Waals surface area (Å²) >= 11 is 0. The highest BCUT2D eigenvalue weighted by Crippen LogP contribution is 2.32. The number of fused-ring (bicyclic) bond motifs is 1. The Hall–Kier alpha value is -4.40. The van der Waals surface area contributed by atoms with E-state index in [0.717, 1.165) is 82.4 Å². The molecule has 1 aromatic carbocycles. The zero-order valence-electron chi connectivity index (χ0n) is 26.0. The molecule has 3 aromatic heterocycles. The van der Waals surface area contributed by atoms with Crippen molar-refractivity contribution in [3.05, 3.63) is 81.4 Å². The molecule has 4 aromatic rings. The molecule has 0 unspecified atom stereocenters. The number of methoxy groups -OCH3 is 2. The lowest BCUT2D eigenvalue weighted by Gasteiger charge is -2.27. The number of aryl methyl sites for hydroxylation is 3. The third kappa shape index (κ3) is 6.21. The Morgan fingerprint density at radius 3 is 2.12 bits per heavy atom. The maximum Gasteiger partial charge on any atom is 0.335 e. The molecule has 9 heteroatoms.